The first-order valence-corrected chi connectivity index (χ1v) is 12.3. The van der Waals surface area contributed by atoms with Gasteiger partial charge in [0.2, 0.25) is 0 Å². The van der Waals surface area contributed by atoms with Crippen molar-refractivity contribution in [1.29, 1.82) is 0 Å². The number of aliphatic carboxylic acids is 1. The Bertz CT molecular complexity index is 1070. The van der Waals surface area contributed by atoms with E-state index in [0.29, 0.717) is 25.6 Å². The highest BCUT2D eigenvalue weighted by atomic mass is 16.5. The first-order valence-electron chi connectivity index (χ1n) is 12.3. The van der Waals surface area contributed by atoms with Crippen molar-refractivity contribution < 1.29 is 19.4 Å². The number of carboxylic acid groups (broad SMARTS) is 1. The maximum absolute atomic E-state index is 11.4. The lowest BCUT2D eigenvalue weighted by atomic mass is 9.66. The van der Waals surface area contributed by atoms with Gasteiger partial charge < -0.3 is 14.6 Å². The SMILES string of the molecule is CCOC(Cc1ccc(OCCC2(C(C)CC)c3ccccc3-c3ccccc32)cc1)C(=O)O. The summed E-state index contributed by atoms with van der Waals surface area (Å²) >= 11 is 0. The summed E-state index contributed by atoms with van der Waals surface area (Å²) in [5, 5.41) is 9.32. The van der Waals surface area contributed by atoms with Gasteiger partial charge in [-0.25, -0.2) is 4.79 Å². The van der Waals surface area contributed by atoms with E-state index >= 15 is 0 Å². The molecule has 34 heavy (non-hydrogen) atoms. The Morgan fingerprint density at radius 2 is 1.50 bits per heavy atom. The predicted octanol–water partition coefficient (Wildman–Crippen LogP) is 6.50. The molecule has 0 heterocycles. The molecule has 178 valence electrons. The summed E-state index contributed by atoms with van der Waals surface area (Å²) in [4.78, 5) is 11.4. The van der Waals surface area contributed by atoms with Crippen molar-refractivity contribution in [1.82, 2.24) is 0 Å². The first kappa shape index (κ1) is 24.0. The summed E-state index contributed by atoms with van der Waals surface area (Å²) in [6, 6.07) is 25.3. The van der Waals surface area contributed by atoms with Gasteiger partial charge >= 0.3 is 5.97 Å². The van der Waals surface area contributed by atoms with E-state index in [-0.39, 0.29) is 5.41 Å². The molecule has 0 radical (unpaired) electrons. The van der Waals surface area contributed by atoms with Crippen LogP contribution in [0.3, 0.4) is 0 Å². The molecule has 2 atom stereocenters. The number of rotatable bonds is 11. The Hall–Kier alpha value is -3.11. The lowest BCUT2D eigenvalue weighted by molar-refractivity contribution is -0.149. The lowest BCUT2D eigenvalue weighted by Gasteiger charge is -2.38. The third kappa shape index (κ3) is 4.47. The zero-order valence-electron chi connectivity index (χ0n) is 20.3. The Labute approximate surface area is 202 Å². The number of hydrogen-bond acceptors (Lipinski definition) is 3. The van der Waals surface area contributed by atoms with E-state index in [1.807, 2.05) is 24.3 Å². The smallest absolute Gasteiger partial charge is 0.333 e. The van der Waals surface area contributed by atoms with E-state index in [2.05, 4.69) is 62.4 Å². The topological polar surface area (TPSA) is 55.8 Å². The van der Waals surface area contributed by atoms with Crippen LogP contribution in [0.2, 0.25) is 0 Å². The molecule has 1 aliphatic rings. The van der Waals surface area contributed by atoms with Crippen LogP contribution in [-0.2, 0) is 21.4 Å². The second-order valence-electron chi connectivity index (χ2n) is 9.10. The quantitative estimate of drug-likeness (QED) is 0.356. The Morgan fingerprint density at radius 1 is 0.912 bits per heavy atom. The van der Waals surface area contributed by atoms with Gasteiger partial charge in [-0.2, -0.15) is 0 Å². The van der Waals surface area contributed by atoms with Crippen LogP contribution in [0, 0.1) is 5.92 Å². The zero-order chi connectivity index (χ0) is 24.1. The molecule has 0 aliphatic heterocycles. The predicted molar refractivity (Wildman–Crippen MR) is 135 cm³/mol. The van der Waals surface area contributed by atoms with Gasteiger partial charge in [0.05, 0.1) is 6.61 Å². The lowest BCUT2D eigenvalue weighted by Crippen LogP contribution is -2.34. The highest BCUT2D eigenvalue weighted by molar-refractivity contribution is 5.81. The van der Waals surface area contributed by atoms with Crippen LogP contribution in [0.25, 0.3) is 11.1 Å². The van der Waals surface area contributed by atoms with Crippen molar-refractivity contribution in [3.05, 3.63) is 89.5 Å². The third-order valence-corrected chi connectivity index (χ3v) is 7.31. The molecule has 0 spiro atoms. The molecule has 0 aromatic heterocycles. The molecule has 4 rings (SSSR count). The summed E-state index contributed by atoms with van der Waals surface area (Å²) < 4.78 is 11.6. The van der Waals surface area contributed by atoms with E-state index in [0.717, 1.165) is 24.2 Å². The molecule has 1 N–H and O–H groups in total. The number of benzene rings is 3. The zero-order valence-corrected chi connectivity index (χ0v) is 20.3. The van der Waals surface area contributed by atoms with Gasteiger partial charge in [0.1, 0.15) is 5.75 Å². The van der Waals surface area contributed by atoms with Crippen LogP contribution in [0.4, 0.5) is 0 Å². The van der Waals surface area contributed by atoms with Crippen LogP contribution < -0.4 is 4.74 Å². The number of ether oxygens (including phenoxy) is 2. The molecule has 1 aliphatic carbocycles. The normalized spacial score (nSPS) is 15.3. The van der Waals surface area contributed by atoms with Gasteiger partial charge in [0, 0.05) is 18.4 Å². The average molecular weight is 459 g/mol. The minimum absolute atomic E-state index is 0.0753. The standard InChI is InChI=1S/C30H34O4/c1-4-21(3)30(26-12-8-6-10-24(26)25-11-7-9-13-27(25)30)18-19-34-23-16-14-22(15-17-23)20-28(29(31)32)33-5-2/h6-17,21,28H,4-5,18-20H2,1-3H3,(H,31,32). The Balaban J connectivity index is 1.51. The van der Waals surface area contributed by atoms with E-state index in [1.54, 1.807) is 6.92 Å². The van der Waals surface area contributed by atoms with E-state index in [9.17, 15) is 9.90 Å². The van der Waals surface area contributed by atoms with Crippen LogP contribution in [-0.4, -0.2) is 30.4 Å². The van der Waals surface area contributed by atoms with E-state index < -0.39 is 12.1 Å². The number of carbonyl (C=O) groups is 1. The van der Waals surface area contributed by atoms with Gasteiger partial charge in [-0.1, -0.05) is 80.9 Å². The van der Waals surface area contributed by atoms with Gasteiger partial charge in [0.15, 0.2) is 6.10 Å². The maximum atomic E-state index is 11.4. The monoisotopic (exact) mass is 458 g/mol. The van der Waals surface area contributed by atoms with Crippen molar-refractivity contribution in [2.24, 2.45) is 5.92 Å². The van der Waals surface area contributed by atoms with Crippen molar-refractivity contribution in [3.63, 3.8) is 0 Å². The fourth-order valence-electron chi connectivity index (χ4n) is 5.44. The van der Waals surface area contributed by atoms with Crippen molar-refractivity contribution in [2.75, 3.05) is 13.2 Å². The van der Waals surface area contributed by atoms with Crippen LogP contribution in [0.5, 0.6) is 5.75 Å². The van der Waals surface area contributed by atoms with E-state index in [4.69, 9.17) is 9.47 Å². The summed E-state index contributed by atoms with van der Waals surface area (Å²) in [6.45, 7) is 7.40. The minimum Gasteiger partial charge on any atom is -0.494 e. The average Bonchev–Trinajstić information content (AvgIpc) is 3.15. The highest BCUT2D eigenvalue weighted by Crippen LogP contribution is 2.55. The molecule has 0 saturated heterocycles. The number of carboxylic acids is 1. The summed E-state index contributed by atoms with van der Waals surface area (Å²) in [5.74, 6) is 0.329. The maximum Gasteiger partial charge on any atom is 0.333 e. The summed E-state index contributed by atoms with van der Waals surface area (Å²) in [5.41, 5.74) is 6.33. The molecule has 3 aromatic rings. The first-order chi connectivity index (χ1) is 16.5. The molecule has 2 unspecified atom stereocenters. The summed E-state index contributed by atoms with van der Waals surface area (Å²) in [7, 11) is 0. The molecule has 4 nitrogen and oxygen atoms in total. The molecule has 0 saturated carbocycles. The highest BCUT2D eigenvalue weighted by Gasteiger charge is 2.45. The summed E-state index contributed by atoms with van der Waals surface area (Å²) in [6.07, 6.45) is 1.49. The van der Waals surface area contributed by atoms with Gasteiger partial charge in [-0.15, -0.1) is 0 Å². The Kier molecular flexibility index (Phi) is 7.38. The van der Waals surface area contributed by atoms with Crippen molar-refractivity contribution in [2.45, 2.75) is 51.6 Å². The molecule has 4 heteroatoms. The minimum atomic E-state index is -0.936. The molecule has 3 aromatic carbocycles. The van der Waals surface area contributed by atoms with Gasteiger partial charge in [-0.05, 0) is 59.2 Å². The number of fused-ring (bicyclic) bond motifs is 3. The number of hydrogen-bond donors (Lipinski definition) is 1. The second kappa shape index (κ2) is 10.4. The largest absolute Gasteiger partial charge is 0.494 e. The molecular formula is C30H34O4. The third-order valence-electron chi connectivity index (χ3n) is 7.31. The van der Waals surface area contributed by atoms with Crippen LogP contribution in [0.15, 0.2) is 72.8 Å². The fraction of sp³-hybridized carbons (Fsp3) is 0.367. The van der Waals surface area contributed by atoms with Gasteiger partial charge in [-0.3, -0.25) is 0 Å². The van der Waals surface area contributed by atoms with Crippen LogP contribution >= 0.6 is 0 Å². The van der Waals surface area contributed by atoms with Crippen LogP contribution in [0.1, 0.15) is 50.3 Å². The van der Waals surface area contributed by atoms with Crippen molar-refractivity contribution >= 4 is 5.97 Å². The molecule has 0 bridgehead atoms. The molecule has 0 amide bonds. The van der Waals surface area contributed by atoms with Gasteiger partial charge in [0.25, 0.3) is 0 Å². The Morgan fingerprint density at radius 3 is 2.03 bits per heavy atom. The molecule has 0 fully saturated rings. The van der Waals surface area contributed by atoms with E-state index in [1.165, 1.54) is 22.3 Å². The van der Waals surface area contributed by atoms with Crippen molar-refractivity contribution in [3.8, 4) is 16.9 Å². The molecular weight excluding hydrogens is 424 g/mol. The fourth-order valence-corrected chi connectivity index (χ4v) is 5.44. The second-order valence-corrected chi connectivity index (χ2v) is 9.10.